The molecule has 0 aromatic heterocycles. The monoisotopic (exact) mass is 574 g/mol. The van der Waals surface area contributed by atoms with Crippen molar-refractivity contribution in [1.29, 1.82) is 5.26 Å². The molecule has 0 radical (unpaired) electrons. The summed E-state index contributed by atoms with van der Waals surface area (Å²) in [6.07, 6.45) is 3.97. The van der Waals surface area contributed by atoms with Crippen LogP contribution in [0, 0.1) is 11.3 Å². The lowest BCUT2D eigenvalue weighted by molar-refractivity contribution is -0.123. The van der Waals surface area contributed by atoms with Crippen LogP contribution in [-0.2, 0) is 24.4 Å². The number of rotatable bonds is 9. The van der Waals surface area contributed by atoms with Gasteiger partial charge in [-0.2, -0.15) is 5.26 Å². The quantitative estimate of drug-likeness (QED) is 0.205. The van der Waals surface area contributed by atoms with E-state index in [1.807, 2.05) is 30.3 Å². The van der Waals surface area contributed by atoms with Gasteiger partial charge in [-0.05, 0) is 71.3 Å². The maximum atomic E-state index is 13.1. The number of nitrogens with zero attached hydrogens (tertiary/aromatic N) is 2. The van der Waals surface area contributed by atoms with Gasteiger partial charge in [-0.1, -0.05) is 52.3 Å². The zero-order chi connectivity index (χ0) is 26.4. The molecule has 0 aliphatic carbocycles. The van der Waals surface area contributed by atoms with Crippen molar-refractivity contribution >= 4 is 44.9 Å². The Morgan fingerprint density at radius 2 is 1.86 bits per heavy atom. The molecule has 0 spiro atoms. The Morgan fingerprint density at radius 3 is 2.57 bits per heavy atom. The number of thioether (sulfide) groups is 1. The number of hydrogen-bond acceptors (Lipinski definition) is 6. The molecule has 3 aromatic rings. The molecule has 0 bridgehead atoms. The first-order chi connectivity index (χ1) is 17.9. The third-order valence-electron chi connectivity index (χ3n) is 5.67. The SMILES string of the molecule is C=CCc1cc(/C=C2\SC(=O)N(Cc3ccccc3C#N)C2=O)cc(OC)c1OCc1ccc(Br)cc1. The van der Waals surface area contributed by atoms with Crippen LogP contribution in [0.25, 0.3) is 6.08 Å². The first-order valence-corrected chi connectivity index (χ1v) is 13.0. The topological polar surface area (TPSA) is 79.6 Å². The zero-order valence-corrected chi connectivity index (χ0v) is 22.5. The minimum atomic E-state index is -0.400. The number of methoxy groups -OCH3 is 1. The van der Waals surface area contributed by atoms with Gasteiger partial charge in [0.25, 0.3) is 11.1 Å². The van der Waals surface area contributed by atoms with E-state index in [1.54, 1.807) is 49.6 Å². The highest BCUT2D eigenvalue weighted by Gasteiger charge is 2.35. The van der Waals surface area contributed by atoms with Crippen LogP contribution < -0.4 is 9.47 Å². The van der Waals surface area contributed by atoms with E-state index in [9.17, 15) is 14.9 Å². The van der Waals surface area contributed by atoms with Crippen LogP contribution in [0.3, 0.4) is 0 Å². The number of amides is 2. The Balaban J connectivity index is 1.60. The van der Waals surface area contributed by atoms with Gasteiger partial charge in [0.05, 0.1) is 30.2 Å². The van der Waals surface area contributed by atoms with Crippen molar-refractivity contribution in [3.63, 3.8) is 0 Å². The minimum absolute atomic E-state index is 0.0413. The van der Waals surface area contributed by atoms with Crippen molar-refractivity contribution in [2.75, 3.05) is 7.11 Å². The average Bonchev–Trinajstić information content (AvgIpc) is 3.16. The van der Waals surface area contributed by atoms with Crippen LogP contribution in [0.2, 0.25) is 0 Å². The van der Waals surface area contributed by atoms with Gasteiger partial charge in [-0.15, -0.1) is 6.58 Å². The molecule has 0 N–H and O–H groups in total. The van der Waals surface area contributed by atoms with Crippen molar-refractivity contribution in [2.45, 2.75) is 19.6 Å². The lowest BCUT2D eigenvalue weighted by Gasteiger charge is -2.16. The molecule has 3 aromatic carbocycles. The molecule has 4 rings (SSSR count). The lowest BCUT2D eigenvalue weighted by atomic mass is 10.0. The first kappa shape index (κ1) is 26.3. The third kappa shape index (κ3) is 6.13. The Labute approximate surface area is 228 Å². The second-order valence-electron chi connectivity index (χ2n) is 8.16. The summed E-state index contributed by atoms with van der Waals surface area (Å²) in [5, 5.41) is 8.96. The van der Waals surface area contributed by atoms with Crippen LogP contribution in [0.1, 0.15) is 27.8 Å². The highest BCUT2D eigenvalue weighted by Crippen LogP contribution is 2.38. The summed E-state index contributed by atoms with van der Waals surface area (Å²) in [5.41, 5.74) is 3.61. The van der Waals surface area contributed by atoms with Crippen LogP contribution in [0.4, 0.5) is 4.79 Å². The van der Waals surface area contributed by atoms with Gasteiger partial charge in [0.15, 0.2) is 11.5 Å². The van der Waals surface area contributed by atoms with Crippen LogP contribution in [0.5, 0.6) is 11.5 Å². The highest BCUT2D eigenvalue weighted by molar-refractivity contribution is 9.10. The Hall–Kier alpha value is -3.80. The fraction of sp³-hybridized carbons (Fsp3) is 0.138. The highest BCUT2D eigenvalue weighted by atomic mass is 79.9. The van der Waals surface area contributed by atoms with Gasteiger partial charge in [0.2, 0.25) is 0 Å². The maximum absolute atomic E-state index is 13.1. The number of carbonyl (C=O) groups excluding carboxylic acids is 2. The summed E-state index contributed by atoms with van der Waals surface area (Å²) in [6, 6.07) is 20.6. The predicted octanol–water partition coefficient (Wildman–Crippen LogP) is 6.87. The van der Waals surface area contributed by atoms with Crippen molar-refractivity contribution < 1.29 is 19.1 Å². The molecular weight excluding hydrogens is 552 g/mol. The summed E-state index contributed by atoms with van der Waals surface area (Å²) in [4.78, 5) is 27.2. The summed E-state index contributed by atoms with van der Waals surface area (Å²) >= 11 is 4.31. The number of hydrogen-bond donors (Lipinski definition) is 0. The first-order valence-electron chi connectivity index (χ1n) is 11.4. The molecule has 2 amide bonds. The lowest BCUT2D eigenvalue weighted by Crippen LogP contribution is -2.27. The molecule has 0 saturated carbocycles. The fourth-order valence-electron chi connectivity index (χ4n) is 3.85. The van der Waals surface area contributed by atoms with E-state index in [0.717, 1.165) is 32.3 Å². The van der Waals surface area contributed by atoms with Crippen molar-refractivity contribution in [3.8, 4) is 17.6 Å². The van der Waals surface area contributed by atoms with E-state index >= 15 is 0 Å². The van der Waals surface area contributed by atoms with Gasteiger partial charge >= 0.3 is 0 Å². The van der Waals surface area contributed by atoms with Gasteiger partial charge in [0.1, 0.15) is 6.61 Å². The van der Waals surface area contributed by atoms with Crippen molar-refractivity contribution in [1.82, 2.24) is 4.90 Å². The minimum Gasteiger partial charge on any atom is -0.493 e. The van der Waals surface area contributed by atoms with E-state index in [2.05, 4.69) is 28.6 Å². The number of allylic oxidation sites excluding steroid dienone is 1. The molecule has 1 fully saturated rings. The smallest absolute Gasteiger partial charge is 0.293 e. The fourth-order valence-corrected chi connectivity index (χ4v) is 4.95. The number of nitriles is 1. The van der Waals surface area contributed by atoms with Gasteiger partial charge in [0, 0.05) is 10.0 Å². The van der Waals surface area contributed by atoms with Gasteiger partial charge in [-0.25, -0.2) is 0 Å². The van der Waals surface area contributed by atoms with E-state index in [0.29, 0.717) is 46.1 Å². The van der Waals surface area contributed by atoms with Gasteiger partial charge in [-0.3, -0.25) is 14.5 Å². The Kier molecular flexibility index (Phi) is 8.49. The molecule has 1 aliphatic rings. The van der Waals surface area contributed by atoms with E-state index in [4.69, 9.17) is 9.47 Å². The Morgan fingerprint density at radius 1 is 1.11 bits per heavy atom. The molecule has 8 heteroatoms. The zero-order valence-electron chi connectivity index (χ0n) is 20.1. The Bertz CT molecular complexity index is 1430. The summed E-state index contributed by atoms with van der Waals surface area (Å²) in [7, 11) is 1.56. The number of carbonyl (C=O) groups is 2. The normalized spacial score (nSPS) is 14.1. The van der Waals surface area contributed by atoms with Crippen LogP contribution >= 0.6 is 27.7 Å². The van der Waals surface area contributed by atoms with Gasteiger partial charge < -0.3 is 9.47 Å². The molecule has 6 nitrogen and oxygen atoms in total. The van der Waals surface area contributed by atoms with Crippen molar-refractivity contribution in [2.24, 2.45) is 0 Å². The van der Waals surface area contributed by atoms with Crippen LogP contribution in [-0.4, -0.2) is 23.2 Å². The molecule has 1 aliphatic heterocycles. The standard InChI is InChI=1S/C29H23BrN2O4S/c1-3-6-21-13-20(14-25(35-2)27(21)36-18-19-9-11-24(30)12-10-19)15-26-28(33)32(29(34)37-26)17-23-8-5-4-7-22(23)16-31/h3-5,7-15H,1,6,17-18H2,2H3/b26-15-. The summed E-state index contributed by atoms with van der Waals surface area (Å²) in [6.45, 7) is 4.25. The number of ether oxygens (including phenoxy) is 2. The molecular formula is C29H23BrN2O4S. The largest absolute Gasteiger partial charge is 0.493 e. The molecule has 1 heterocycles. The molecule has 37 heavy (non-hydrogen) atoms. The second kappa shape index (κ2) is 12.0. The molecule has 0 atom stereocenters. The summed E-state index contributed by atoms with van der Waals surface area (Å²) in [5.74, 6) is 0.719. The number of imide groups is 1. The maximum Gasteiger partial charge on any atom is 0.293 e. The molecule has 186 valence electrons. The van der Waals surface area contributed by atoms with E-state index < -0.39 is 5.91 Å². The van der Waals surface area contributed by atoms with E-state index in [-0.39, 0.29) is 11.8 Å². The summed E-state index contributed by atoms with van der Waals surface area (Å²) < 4.78 is 12.7. The molecule has 1 saturated heterocycles. The number of halogens is 1. The van der Waals surface area contributed by atoms with E-state index in [1.165, 1.54) is 0 Å². The van der Waals surface area contributed by atoms with Crippen LogP contribution in [0.15, 0.2) is 82.7 Å². The number of benzene rings is 3. The third-order valence-corrected chi connectivity index (χ3v) is 7.11. The van der Waals surface area contributed by atoms with Crippen molar-refractivity contribution in [3.05, 3.63) is 111 Å². The second-order valence-corrected chi connectivity index (χ2v) is 10.1. The average molecular weight is 575 g/mol. The predicted molar refractivity (Wildman–Crippen MR) is 148 cm³/mol. The molecule has 0 unspecified atom stereocenters.